The van der Waals surface area contributed by atoms with Crippen molar-refractivity contribution in [2.24, 2.45) is 0 Å². The molecule has 0 spiro atoms. The number of thioether (sulfide) groups is 1. The van der Waals surface area contributed by atoms with Gasteiger partial charge in [0, 0.05) is 41.4 Å². The number of carbonyl (C=O) groups excluding carboxylic acids is 1. The van der Waals surface area contributed by atoms with Crippen LogP contribution in [-0.2, 0) is 10.5 Å². The number of carbonyl (C=O) groups is 1. The topological polar surface area (TPSA) is 75.0 Å². The van der Waals surface area contributed by atoms with Gasteiger partial charge in [0.05, 0.1) is 18.2 Å². The van der Waals surface area contributed by atoms with Crippen LogP contribution in [-0.4, -0.2) is 45.5 Å². The molecular formula is C28H25F2N3O4S. The summed E-state index contributed by atoms with van der Waals surface area (Å²) in [6.07, 6.45) is 4.33. The first-order valence-electron chi connectivity index (χ1n) is 12.8. The average molecular weight is 538 g/mol. The molecule has 4 aliphatic rings. The summed E-state index contributed by atoms with van der Waals surface area (Å²) in [6.45, 7) is 0.383. The van der Waals surface area contributed by atoms with Crippen LogP contribution in [0.5, 0.6) is 5.75 Å². The Morgan fingerprint density at radius 3 is 2.61 bits per heavy atom. The zero-order chi connectivity index (χ0) is 26.1. The molecule has 3 aromatic rings. The third-order valence-corrected chi connectivity index (χ3v) is 9.00. The number of hydrogen-bond donors (Lipinski definition) is 1. The lowest BCUT2D eigenvalue weighted by molar-refractivity contribution is -0.0294. The maximum Gasteiger partial charge on any atom is 0.278 e. The molecule has 3 aliphatic heterocycles. The highest BCUT2D eigenvalue weighted by Crippen LogP contribution is 2.46. The number of hydrogen-bond acceptors (Lipinski definition) is 6. The maximum atomic E-state index is 15.3. The summed E-state index contributed by atoms with van der Waals surface area (Å²) < 4.78 is 37.5. The molecule has 38 heavy (non-hydrogen) atoms. The Hall–Kier alpha value is -3.37. The second-order valence-electron chi connectivity index (χ2n) is 10.2. The Balaban J connectivity index is 1.47. The molecule has 1 aliphatic carbocycles. The Kier molecular flexibility index (Phi) is 5.52. The Morgan fingerprint density at radius 1 is 0.974 bits per heavy atom. The number of fused-ring (bicyclic) bond motifs is 4. The van der Waals surface area contributed by atoms with E-state index in [9.17, 15) is 19.1 Å². The minimum absolute atomic E-state index is 0.0756. The van der Waals surface area contributed by atoms with E-state index in [0.29, 0.717) is 24.9 Å². The highest BCUT2D eigenvalue weighted by Gasteiger charge is 2.48. The van der Waals surface area contributed by atoms with Gasteiger partial charge in [-0.15, -0.1) is 11.8 Å². The number of rotatable bonds is 3. The van der Waals surface area contributed by atoms with Crippen LogP contribution in [0, 0.1) is 11.6 Å². The molecule has 0 radical (unpaired) electrons. The van der Waals surface area contributed by atoms with Crippen molar-refractivity contribution in [2.45, 2.75) is 60.7 Å². The van der Waals surface area contributed by atoms with Crippen LogP contribution in [0.25, 0.3) is 0 Å². The lowest BCUT2D eigenvalue weighted by Gasteiger charge is -2.53. The van der Waals surface area contributed by atoms with E-state index in [0.717, 1.165) is 29.4 Å². The first-order valence-corrected chi connectivity index (χ1v) is 13.8. The average Bonchev–Trinajstić information content (AvgIpc) is 3.75. The largest absolute Gasteiger partial charge is 0.502 e. The molecule has 1 saturated carbocycles. The van der Waals surface area contributed by atoms with Gasteiger partial charge in [0.2, 0.25) is 5.43 Å². The zero-order valence-electron chi connectivity index (χ0n) is 20.3. The van der Waals surface area contributed by atoms with Crippen molar-refractivity contribution in [3.8, 4) is 5.75 Å². The fourth-order valence-corrected chi connectivity index (χ4v) is 7.05. The number of halogens is 2. The molecule has 7 rings (SSSR count). The highest BCUT2D eigenvalue weighted by molar-refractivity contribution is 7.98. The molecular weight excluding hydrogens is 512 g/mol. The van der Waals surface area contributed by atoms with Crippen LogP contribution in [0.3, 0.4) is 0 Å². The Bertz CT molecular complexity index is 1520. The number of aromatic hydroxyl groups is 1. The summed E-state index contributed by atoms with van der Waals surface area (Å²) in [6, 6.07) is 11.0. The van der Waals surface area contributed by atoms with Crippen LogP contribution in [0.15, 0.2) is 58.4 Å². The number of ether oxygens (including phenoxy) is 1. The predicted molar refractivity (Wildman–Crippen MR) is 137 cm³/mol. The van der Waals surface area contributed by atoms with Gasteiger partial charge in [0.25, 0.3) is 5.91 Å². The van der Waals surface area contributed by atoms with E-state index in [1.165, 1.54) is 28.7 Å². The lowest BCUT2D eigenvalue weighted by Crippen LogP contribution is -2.65. The van der Waals surface area contributed by atoms with E-state index in [1.54, 1.807) is 11.0 Å². The molecule has 2 aromatic carbocycles. The van der Waals surface area contributed by atoms with Gasteiger partial charge in [-0.25, -0.2) is 8.78 Å². The number of benzene rings is 2. The predicted octanol–water partition coefficient (Wildman–Crippen LogP) is 4.29. The molecule has 10 heteroatoms. The Morgan fingerprint density at radius 2 is 1.79 bits per heavy atom. The number of pyridine rings is 1. The number of aromatic nitrogens is 1. The molecule has 196 valence electrons. The molecule has 4 heterocycles. The van der Waals surface area contributed by atoms with E-state index in [4.69, 9.17) is 4.74 Å². The molecule has 1 aromatic heterocycles. The van der Waals surface area contributed by atoms with Crippen molar-refractivity contribution in [1.29, 1.82) is 0 Å². The summed E-state index contributed by atoms with van der Waals surface area (Å²) in [5.41, 5.74) is 0.915. The molecule has 1 amide bonds. The first-order chi connectivity index (χ1) is 18.4. The second kappa shape index (κ2) is 8.84. The molecule has 2 fully saturated rings. The zero-order valence-corrected chi connectivity index (χ0v) is 21.2. The first kappa shape index (κ1) is 23.7. The van der Waals surface area contributed by atoms with Crippen LogP contribution in [0.4, 0.5) is 8.78 Å². The molecule has 3 atom stereocenters. The van der Waals surface area contributed by atoms with Gasteiger partial charge >= 0.3 is 0 Å². The summed E-state index contributed by atoms with van der Waals surface area (Å²) in [5.74, 6) is -2.63. The van der Waals surface area contributed by atoms with Crippen LogP contribution >= 0.6 is 11.8 Å². The van der Waals surface area contributed by atoms with Crippen molar-refractivity contribution < 1.29 is 23.4 Å². The van der Waals surface area contributed by atoms with Crippen molar-refractivity contribution in [3.05, 3.63) is 92.9 Å². The third kappa shape index (κ3) is 3.65. The third-order valence-electron chi connectivity index (χ3n) is 7.88. The normalized spacial score (nSPS) is 24.3. The smallest absolute Gasteiger partial charge is 0.278 e. The summed E-state index contributed by atoms with van der Waals surface area (Å²) in [5, 5.41) is 12.7. The van der Waals surface area contributed by atoms with Crippen molar-refractivity contribution >= 4 is 17.7 Å². The molecule has 1 saturated heterocycles. The minimum atomic E-state index is -0.915. The van der Waals surface area contributed by atoms with Crippen molar-refractivity contribution in [2.75, 3.05) is 11.6 Å². The number of nitrogens with zero attached hydrogens (tertiary/aromatic N) is 3. The number of amides is 1. The van der Waals surface area contributed by atoms with Crippen LogP contribution in [0.2, 0.25) is 0 Å². The fraction of sp³-hybridized carbons (Fsp3) is 0.357. The quantitative estimate of drug-likeness (QED) is 0.538. The van der Waals surface area contributed by atoms with E-state index >= 15 is 4.39 Å². The minimum Gasteiger partial charge on any atom is -0.502 e. The highest BCUT2D eigenvalue weighted by atomic mass is 32.2. The fourth-order valence-electron chi connectivity index (χ4n) is 5.94. The lowest BCUT2D eigenvalue weighted by atomic mass is 9.91. The molecule has 1 unspecified atom stereocenters. The van der Waals surface area contributed by atoms with Gasteiger partial charge in [0.1, 0.15) is 6.17 Å². The van der Waals surface area contributed by atoms with Crippen LogP contribution < -0.4 is 10.4 Å². The summed E-state index contributed by atoms with van der Waals surface area (Å²) >= 11 is 1.43. The SMILES string of the molecule is O=C1c2c(O)c(=O)ccn2N([C@@H]2c3ccccc3SCc3c2ccc(F)c3F)[C@@H]2CC(OC3CC3)CCN12. The standard InChI is InChI=1S/C28H25F2N3O4S/c29-20-8-7-17-19(24(20)30)14-38-22-4-2-1-3-18(22)25(17)33-23-13-16(37-15-5-6-15)9-11-31(23)28(36)26-27(35)21(34)10-12-32(26)33/h1-4,7-8,10,12,15-16,23,25,35H,5-6,9,11,13-14H2/t16?,23-,25+/m1/s1. The molecule has 1 N–H and O–H groups in total. The van der Waals surface area contributed by atoms with Gasteiger partial charge in [0.15, 0.2) is 23.1 Å². The summed E-state index contributed by atoms with van der Waals surface area (Å²) in [7, 11) is 0. The second-order valence-corrected chi connectivity index (χ2v) is 11.2. The number of piperidine rings is 1. The Labute approximate surface area is 221 Å². The monoisotopic (exact) mass is 537 g/mol. The van der Waals surface area contributed by atoms with E-state index < -0.39 is 40.9 Å². The van der Waals surface area contributed by atoms with E-state index in [2.05, 4.69) is 0 Å². The van der Waals surface area contributed by atoms with Gasteiger partial charge in [-0.3, -0.25) is 19.3 Å². The van der Waals surface area contributed by atoms with Gasteiger partial charge < -0.3 is 14.7 Å². The van der Waals surface area contributed by atoms with Crippen LogP contribution in [0.1, 0.15) is 58.9 Å². The van der Waals surface area contributed by atoms with Crippen molar-refractivity contribution in [3.63, 3.8) is 0 Å². The maximum absolute atomic E-state index is 15.3. The van der Waals surface area contributed by atoms with Gasteiger partial charge in [-0.05, 0) is 42.5 Å². The van der Waals surface area contributed by atoms with Crippen molar-refractivity contribution in [1.82, 2.24) is 9.58 Å². The van der Waals surface area contributed by atoms with E-state index in [-0.39, 0.29) is 29.2 Å². The van der Waals surface area contributed by atoms with E-state index in [1.807, 2.05) is 29.3 Å². The summed E-state index contributed by atoms with van der Waals surface area (Å²) in [4.78, 5) is 28.7. The van der Waals surface area contributed by atoms with Gasteiger partial charge in [-0.1, -0.05) is 24.3 Å². The molecule has 7 nitrogen and oxygen atoms in total. The van der Waals surface area contributed by atoms with Gasteiger partial charge in [-0.2, -0.15) is 0 Å². The molecule has 0 bridgehead atoms.